The summed E-state index contributed by atoms with van der Waals surface area (Å²) in [5, 5.41) is 6.05. The molecule has 1 aromatic heterocycles. The molecule has 26 heavy (non-hydrogen) atoms. The highest BCUT2D eigenvalue weighted by atomic mass is 79.9. The first-order valence-corrected chi connectivity index (χ1v) is 8.89. The fourth-order valence-corrected chi connectivity index (χ4v) is 3.20. The van der Waals surface area contributed by atoms with Crippen molar-refractivity contribution < 1.29 is 17.6 Å². The summed E-state index contributed by atoms with van der Waals surface area (Å²) in [5.41, 5.74) is 2.62. The van der Waals surface area contributed by atoms with Crippen LogP contribution in [0.25, 0.3) is 11.3 Å². The lowest BCUT2D eigenvalue weighted by molar-refractivity contribution is -0.140. The minimum absolute atomic E-state index is 0.165. The number of aromatic nitrogens is 1. The van der Waals surface area contributed by atoms with E-state index in [0.29, 0.717) is 11.2 Å². The van der Waals surface area contributed by atoms with Crippen molar-refractivity contribution in [2.75, 3.05) is 5.43 Å². The topological polar surface area (TPSA) is 37.3 Å². The van der Waals surface area contributed by atoms with Gasteiger partial charge in [-0.15, -0.1) is 11.3 Å². The van der Waals surface area contributed by atoms with Gasteiger partial charge >= 0.3 is 6.18 Å². The molecule has 1 N–H and O–H groups in total. The highest BCUT2D eigenvalue weighted by Crippen LogP contribution is 2.34. The number of alkyl halides is 3. The number of hydrazone groups is 1. The first kappa shape index (κ1) is 18.5. The highest BCUT2D eigenvalue weighted by molar-refractivity contribution is 9.10. The van der Waals surface area contributed by atoms with Gasteiger partial charge in [0, 0.05) is 21.0 Å². The van der Waals surface area contributed by atoms with E-state index < -0.39 is 17.6 Å². The van der Waals surface area contributed by atoms with Gasteiger partial charge in [0.15, 0.2) is 0 Å². The average molecular weight is 444 g/mol. The first-order valence-electron chi connectivity index (χ1n) is 7.21. The summed E-state index contributed by atoms with van der Waals surface area (Å²) in [6.07, 6.45) is -3.79. The van der Waals surface area contributed by atoms with Crippen molar-refractivity contribution in [3.63, 3.8) is 0 Å². The summed E-state index contributed by atoms with van der Waals surface area (Å²) < 4.78 is 52.6. The maximum absolute atomic E-state index is 14.1. The number of anilines is 1. The van der Waals surface area contributed by atoms with Crippen LogP contribution < -0.4 is 5.43 Å². The maximum Gasteiger partial charge on any atom is 0.419 e. The number of thiazole rings is 1. The largest absolute Gasteiger partial charge is 0.419 e. The molecule has 1 heterocycles. The van der Waals surface area contributed by atoms with Crippen LogP contribution in [0.4, 0.5) is 22.7 Å². The molecule has 0 aliphatic rings. The Bertz CT molecular complexity index is 939. The molecule has 0 radical (unpaired) electrons. The van der Waals surface area contributed by atoms with Gasteiger partial charge in [-0.05, 0) is 12.1 Å². The lowest BCUT2D eigenvalue weighted by Crippen LogP contribution is -2.10. The number of hydrogen-bond acceptors (Lipinski definition) is 4. The van der Waals surface area contributed by atoms with Gasteiger partial charge in [-0.2, -0.15) is 18.3 Å². The van der Waals surface area contributed by atoms with E-state index in [1.807, 2.05) is 35.7 Å². The van der Waals surface area contributed by atoms with E-state index in [2.05, 4.69) is 31.4 Å². The Morgan fingerprint density at radius 1 is 1.12 bits per heavy atom. The molecule has 0 saturated heterocycles. The van der Waals surface area contributed by atoms with E-state index in [4.69, 9.17) is 0 Å². The predicted molar refractivity (Wildman–Crippen MR) is 97.9 cm³/mol. The minimum atomic E-state index is -4.78. The second-order valence-corrected chi connectivity index (χ2v) is 6.81. The fourth-order valence-electron chi connectivity index (χ4n) is 2.13. The quantitative estimate of drug-likeness (QED) is 0.297. The van der Waals surface area contributed by atoms with Crippen LogP contribution in [0.2, 0.25) is 0 Å². The SMILES string of the molecule is Fc1c(C(F)(F)F)ccc(Br)c1C=NNc1nc(-c2ccccc2)cs1. The Hall–Kier alpha value is -2.26. The summed E-state index contributed by atoms with van der Waals surface area (Å²) in [6.45, 7) is 0. The molecule has 0 bridgehead atoms. The van der Waals surface area contributed by atoms with E-state index in [1.165, 1.54) is 11.3 Å². The van der Waals surface area contributed by atoms with E-state index in [-0.39, 0.29) is 10.0 Å². The molecule has 9 heteroatoms. The highest BCUT2D eigenvalue weighted by Gasteiger charge is 2.35. The number of benzene rings is 2. The average Bonchev–Trinajstić information content (AvgIpc) is 3.06. The summed E-state index contributed by atoms with van der Waals surface area (Å²) in [6, 6.07) is 11.3. The third-order valence-corrected chi connectivity index (χ3v) is 4.80. The Balaban J connectivity index is 1.79. The number of hydrogen-bond donors (Lipinski definition) is 1. The molecule has 134 valence electrons. The normalized spacial score (nSPS) is 11.9. The molecular weight excluding hydrogens is 434 g/mol. The molecular formula is C17H10BrF4N3S. The van der Waals surface area contributed by atoms with Crippen molar-refractivity contribution in [1.82, 2.24) is 4.98 Å². The summed E-state index contributed by atoms with van der Waals surface area (Å²) in [7, 11) is 0. The van der Waals surface area contributed by atoms with Gasteiger partial charge in [-0.3, -0.25) is 5.43 Å². The molecule has 0 atom stereocenters. The van der Waals surface area contributed by atoms with Crippen molar-refractivity contribution in [3.05, 3.63) is 69.3 Å². The third-order valence-electron chi connectivity index (χ3n) is 3.36. The van der Waals surface area contributed by atoms with Crippen molar-refractivity contribution in [3.8, 4) is 11.3 Å². The number of rotatable bonds is 4. The van der Waals surface area contributed by atoms with E-state index in [0.717, 1.165) is 23.5 Å². The van der Waals surface area contributed by atoms with Crippen LogP contribution in [-0.4, -0.2) is 11.2 Å². The second-order valence-electron chi connectivity index (χ2n) is 5.09. The lowest BCUT2D eigenvalue weighted by atomic mass is 10.1. The molecule has 0 saturated carbocycles. The zero-order chi connectivity index (χ0) is 18.7. The number of nitrogens with one attached hydrogen (secondary N) is 1. The standard InChI is InChI=1S/C17H10BrF4N3S/c18-13-7-6-12(17(20,21)22)15(19)11(13)8-23-25-16-24-14(9-26-16)10-4-2-1-3-5-10/h1-9H,(H,24,25). The van der Waals surface area contributed by atoms with Gasteiger partial charge in [0.05, 0.1) is 17.5 Å². The Kier molecular flexibility index (Phi) is 5.38. The number of nitrogens with zero attached hydrogens (tertiary/aromatic N) is 2. The van der Waals surface area contributed by atoms with Gasteiger partial charge in [-0.25, -0.2) is 9.37 Å². The Morgan fingerprint density at radius 2 is 1.85 bits per heavy atom. The number of halogens is 5. The first-order chi connectivity index (χ1) is 12.4. The van der Waals surface area contributed by atoms with Crippen LogP contribution in [0, 0.1) is 5.82 Å². The van der Waals surface area contributed by atoms with E-state index in [1.54, 1.807) is 0 Å². The third kappa shape index (κ3) is 4.10. The van der Waals surface area contributed by atoms with Crippen LogP contribution in [0.3, 0.4) is 0 Å². The van der Waals surface area contributed by atoms with Crippen LogP contribution in [0.1, 0.15) is 11.1 Å². The molecule has 2 aromatic carbocycles. The van der Waals surface area contributed by atoms with Crippen molar-refractivity contribution in [2.45, 2.75) is 6.18 Å². The Labute approximate surface area is 158 Å². The van der Waals surface area contributed by atoms with Gasteiger partial charge in [0.2, 0.25) is 5.13 Å². The van der Waals surface area contributed by atoms with Crippen LogP contribution in [0.5, 0.6) is 0 Å². The summed E-state index contributed by atoms with van der Waals surface area (Å²) in [5.74, 6) is -1.39. The van der Waals surface area contributed by atoms with Crippen molar-refractivity contribution in [1.29, 1.82) is 0 Å². The van der Waals surface area contributed by atoms with Crippen molar-refractivity contribution >= 4 is 38.6 Å². The van der Waals surface area contributed by atoms with Crippen LogP contribution >= 0.6 is 27.3 Å². The molecule has 3 rings (SSSR count). The van der Waals surface area contributed by atoms with Gasteiger partial charge in [0.1, 0.15) is 5.82 Å². The monoisotopic (exact) mass is 443 g/mol. The summed E-state index contributed by atoms with van der Waals surface area (Å²) in [4.78, 5) is 4.32. The van der Waals surface area contributed by atoms with Crippen LogP contribution in [0.15, 0.2) is 57.4 Å². The minimum Gasteiger partial charge on any atom is -0.253 e. The Morgan fingerprint density at radius 3 is 2.54 bits per heavy atom. The van der Waals surface area contributed by atoms with Gasteiger partial charge in [-0.1, -0.05) is 46.3 Å². The van der Waals surface area contributed by atoms with E-state index in [9.17, 15) is 17.6 Å². The van der Waals surface area contributed by atoms with Gasteiger partial charge < -0.3 is 0 Å². The molecule has 3 nitrogen and oxygen atoms in total. The zero-order valence-corrected chi connectivity index (χ0v) is 15.3. The molecule has 0 fully saturated rings. The molecule has 0 unspecified atom stereocenters. The molecule has 0 spiro atoms. The maximum atomic E-state index is 14.1. The van der Waals surface area contributed by atoms with Crippen molar-refractivity contribution in [2.24, 2.45) is 5.10 Å². The summed E-state index contributed by atoms with van der Waals surface area (Å²) >= 11 is 4.30. The smallest absolute Gasteiger partial charge is 0.253 e. The molecule has 0 amide bonds. The fraction of sp³-hybridized carbons (Fsp3) is 0.0588. The van der Waals surface area contributed by atoms with Gasteiger partial charge in [0.25, 0.3) is 0 Å². The second kappa shape index (κ2) is 7.55. The van der Waals surface area contributed by atoms with E-state index >= 15 is 0 Å². The molecule has 0 aliphatic heterocycles. The lowest BCUT2D eigenvalue weighted by Gasteiger charge is -2.10. The van der Waals surface area contributed by atoms with Crippen LogP contribution in [-0.2, 0) is 6.18 Å². The zero-order valence-electron chi connectivity index (χ0n) is 12.9. The molecule has 3 aromatic rings. The predicted octanol–water partition coefficient (Wildman–Crippen LogP) is 6.18. The molecule has 0 aliphatic carbocycles.